The topological polar surface area (TPSA) is 64.3 Å². The Morgan fingerprint density at radius 3 is 2.68 bits per heavy atom. The van der Waals surface area contributed by atoms with E-state index in [1.807, 2.05) is 0 Å². The first-order valence-electron chi connectivity index (χ1n) is 6.93. The Kier molecular flexibility index (Phi) is 4.66. The monoisotopic (exact) mass is 262 g/mol. The Hall–Kier alpha value is -1.71. The first-order chi connectivity index (χ1) is 9.15. The van der Waals surface area contributed by atoms with Crippen LogP contribution in [0.1, 0.15) is 32.6 Å². The van der Waals surface area contributed by atoms with Crippen molar-refractivity contribution >= 4 is 11.6 Å². The molecule has 4 nitrogen and oxygen atoms in total. The lowest BCUT2D eigenvalue weighted by atomic mass is 9.86. The zero-order valence-corrected chi connectivity index (χ0v) is 11.4. The van der Waals surface area contributed by atoms with Gasteiger partial charge in [0.2, 0.25) is 0 Å². The summed E-state index contributed by atoms with van der Waals surface area (Å²) in [6, 6.07) is 7.36. The second kappa shape index (κ2) is 6.45. The van der Waals surface area contributed by atoms with Crippen LogP contribution in [0, 0.1) is 5.92 Å². The summed E-state index contributed by atoms with van der Waals surface area (Å²) in [5.41, 5.74) is 6.27. The van der Waals surface area contributed by atoms with Crippen LogP contribution >= 0.6 is 0 Å². The fraction of sp³-hybridized carbons (Fsp3) is 0.533. The fourth-order valence-corrected chi connectivity index (χ4v) is 2.49. The number of amides is 1. The van der Waals surface area contributed by atoms with Crippen molar-refractivity contribution in [3.05, 3.63) is 24.3 Å². The summed E-state index contributed by atoms with van der Waals surface area (Å²) in [6.45, 7) is 2.26. The number of carbonyl (C=O) groups excluding carboxylic acids is 1. The van der Waals surface area contributed by atoms with Crippen molar-refractivity contribution in [2.75, 3.05) is 12.3 Å². The lowest BCUT2D eigenvalue weighted by molar-refractivity contribution is -0.124. The first kappa shape index (κ1) is 13.7. The van der Waals surface area contributed by atoms with Gasteiger partial charge in [-0.15, -0.1) is 0 Å². The van der Waals surface area contributed by atoms with Crippen molar-refractivity contribution in [1.29, 1.82) is 0 Å². The van der Waals surface area contributed by atoms with E-state index in [2.05, 4.69) is 12.2 Å². The Balaban J connectivity index is 1.76. The number of nitrogens with one attached hydrogen (secondary N) is 1. The van der Waals surface area contributed by atoms with E-state index in [1.165, 1.54) is 19.3 Å². The summed E-state index contributed by atoms with van der Waals surface area (Å²) in [6.07, 6.45) is 4.75. The number of benzene rings is 1. The largest absolute Gasteiger partial charge is 0.484 e. The molecule has 0 radical (unpaired) electrons. The van der Waals surface area contributed by atoms with Gasteiger partial charge in [0, 0.05) is 11.7 Å². The molecule has 0 unspecified atom stereocenters. The van der Waals surface area contributed by atoms with Gasteiger partial charge < -0.3 is 15.8 Å². The molecule has 0 heterocycles. The highest BCUT2D eigenvalue weighted by molar-refractivity contribution is 5.77. The molecule has 3 N–H and O–H groups in total. The molecule has 1 aromatic rings. The molecule has 0 bridgehead atoms. The minimum atomic E-state index is -0.0458. The van der Waals surface area contributed by atoms with Crippen molar-refractivity contribution in [3.8, 4) is 5.75 Å². The molecule has 0 aliphatic heterocycles. The van der Waals surface area contributed by atoms with Crippen molar-refractivity contribution in [1.82, 2.24) is 5.32 Å². The molecule has 1 aliphatic rings. The van der Waals surface area contributed by atoms with Crippen LogP contribution in [0.5, 0.6) is 5.75 Å². The van der Waals surface area contributed by atoms with Gasteiger partial charge in [-0.1, -0.05) is 19.8 Å². The quantitative estimate of drug-likeness (QED) is 0.819. The molecular weight excluding hydrogens is 240 g/mol. The number of nitrogen functional groups attached to an aromatic ring is 1. The van der Waals surface area contributed by atoms with Crippen molar-refractivity contribution in [3.63, 3.8) is 0 Å². The maximum atomic E-state index is 11.8. The molecule has 1 aliphatic carbocycles. The van der Waals surface area contributed by atoms with Crippen LogP contribution in [-0.4, -0.2) is 18.6 Å². The van der Waals surface area contributed by atoms with Crippen LogP contribution < -0.4 is 15.8 Å². The Morgan fingerprint density at radius 2 is 2.00 bits per heavy atom. The van der Waals surface area contributed by atoms with E-state index in [1.54, 1.807) is 24.3 Å². The maximum absolute atomic E-state index is 11.8. The Labute approximate surface area is 114 Å². The second-order valence-electron chi connectivity index (χ2n) is 5.29. The van der Waals surface area contributed by atoms with E-state index < -0.39 is 0 Å². The zero-order chi connectivity index (χ0) is 13.7. The van der Waals surface area contributed by atoms with E-state index in [4.69, 9.17) is 10.5 Å². The standard InChI is InChI=1S/C15H22N2O2/c1-11-4-2-3-5-14(11)17-15(18)10-19-13-8-6-12(16)7-9-13/h6-9,11,14H,2-5,10,16H2,1H3,(H,17,18)/t11-,14-/m0/s1. The van der Waals surface area contributed by atoms with E-state index >= 15 is 0 Å². The van der Waals surface area contributed by atoms with E-state index in [-0.39, 0.29) is 12.5 Å². The van der Waals surface area contributed by atoms with E-state index in [0.717, 1.165) is 6.42 Å². The summed E-state index contributed by atoms with van der Waals surface area (Å²) >= 11 is 0. The van der Waals surface area contributed by atoms with Crippen LogP contribution in [0.2, 0.25) is 0 Å². The highest BCUT2D eigenvalue weighted by Gasteiger charge is 2.22. The van der Waals surface area contributed by atoms with Gasteiger partial charge in [0.05, 0.1) is 0 Å². The highest BCUT2D eigenvalue weighted by Crippen LogP contribution is 2.23. The lowest BCUT2D eigenvalue weighted by Crippen LogP contribution is -2.43. The lowest BCUT2D eigenvalue weighted by Gasteiger charge is -2.29. The predicted molar refractivity (Wildman–Crippen MR) is 75.9 cm³/mol. The smallest absolute Gasteiger partial charge is 0.258 e. The van der Waals surface area contributed by atoms with Gasteiger partial charge in [-0.2, -0.15) is 0 Å². The highest BCUT2D eigenvalue weighted by atomic mass is 16.5. The molecule has 1 amide bonds. The van der Waals surface area contributed by atoms with Crippen LogP contribution in [-0.2, 0) is 4.79 Å². The molecule has 0 spiro atoms. The van der Waals surface area contributed by atoms with Gasteiger partial charge in [0.15, 0.2) is 6.61 Å². The van der Waals surface area contributed by atoms with Crippen molar-refractivity contribution < 1.29 is 9.53 Å². The molecule has 104 valence electrons. The molecule has 0 aromatic heterocycles. The van der Waals surface area contributed by atoms with Gasteiger partial charge in [0.25, 0.3) is 5.91 Å². The molecule has 1 saturated carbocycles. The molecule has 19 heavy (non-hydrogen) atoms. The van der Waals surface area contributed by atoms with Crippen molar-refractivity contribution in [2.45, 2.75) is 38.6 Å². The molecule has 4 heteroatoms. The number of anilines is 1. The summed E-state index contributed by atoms with van der Waals surface area (Å²) in [7, 11) is 0. The second-order valence-corrected chi connectivity index (χ2v) is 5.29. The average Bonchev–Trinajstić information content (AvgIpc) is 2.41. The minimum Gasteiger partial charge on any atom is -0.484 e. The molecule has 1 aromatic carbocycles. The number of rotatable bonds is 4. The summed E-state index contributed by atoms with van der Waals surface area (Å²) < 4.78 is 5.43. The molecular formula is C15H22N2O2. The molecule has 0 saturated heterocycles. The predicted octanol–water partition coefficient (Wildman–Crippen LogP) is 2.34. The molecule has 2 rings (SSSR count). The van der Waals surface area contributed by atoms with Gasteiger partial charge in [-0.25, -0.2) is 0 Å². The third-order valence-electron chi connectivity index (χ3n) is 3.71. The van der Waals surface area contributed by atoms with Crippen LogP contribution in [0.4, 0.5) is 5.69 Å². The maximum Gasteiger partial charge on any atom is 0.258 e. The zero-order valence-electron chi connectivity index (χ0n) is 11.4. The summed E-state index contributed by atoms with van der Waals surface area (Å²) in [4.78, 5) is 11.8. The van der Waals surface area contributed by atoms with Gasteiger partial charge in [-0.3, -0.25) is 4.79 Å². The summed E-state index contributed by atoms with van der Waals surface area (Å²) in [5, 5.41) is 3.06. The SMILES string of the molecule is C[C@H]1CCCC[C@@H]1NC(=O)COc1ccc(N)cc1. The van der Waals surface area contributed by atoms with Crippen LogP contribution in [0.25, 0.3) is 0 Å². The Bertz CT molecular complexity index is 417. The van der Waals surface area contributed by atoms with Gasteiger partial charge in [0.1, 0.15) is 5.75 Å². The van der Waals surface area contributed by atoms with E-state index in [0.29, 0.717) is 23.4 Å². The number of ether oxygens (including phenoxy) is 1. The van der Waals surface area contributed by atoms with Crippen LogP contribution in [0.3, 0.4) is 0 Å². The summed E-state index contributed by atoms with van der Waals surface area (Å²) in [5.74, 6) is 1.19. The minimum absolute atomic E-state index is 0.0458. The van der Waals surface area contributed by atoms with Crippen molar-refractivity contribution in [2.24, 2.45) is 5.92 Å². The van der Waals surface area contributed by atoms with Gasteiger partial charge in [-0.05, 0) is 43.0 Å². The third kappa shape index (κ3) is 4.16. The third-order valence-corrected chi connectivity index (χ3v) is 3.71. The number of hydrogen-bond donors (Lipinski definition) is 2. The van der Waals surface area contributed by atoms with E-state index in [9.17, 15) is 4.79 Å². The first-order valence-corrected chi connectivity index (χ1v) is 6.93. The Morgan fingerprint density at radius 1 is 1.32 bits per heavy atom. The number of carbonyl (C=O) groups is 1. The van der Waals surface area contributed by atoms with Gasteiger partial charge >= 0.3 is 0 Å². The normalized spacial score (nSPS) is 22.8. The average molecular weight is 262 g/mol. The van der Waals surface area contributed by atoms with Crippen LogP contribution in [0.15, 0.2) is 24.3 Å². The molecule has 1 fully saturated rings. The molecule has 2 atom stereocenters. The number of hydrogen-bond acceptors (Lipinski definition) is 3. The number of nitrogens with two attached hydrogens (primary N) is 1. The fourth-order valence-electron chi connectivity index (χ4n) is 2.49.